The second kappa shape index (κ2) is 6.97. The van der Waals surface area contributed by atoms with Crippen LogP contribution in [0, 0.1) is 5.41 Å². The zero-order chi connectivity index (χ0) is 17.9. The number of nitrogens with zero attached hydrogens (tertiary/aromatic N) is 1. The smallest absolute Gasteiger partial charge is 0.311 e. The molecule has 0 radical (unpaired) electrons. The Balaban J connectivity index is 1.60. The van der Waals surface area contributed by atoms with Crippen LogP contribution in [-0.4, -0.2) is 35.0 Å². The molecule has 1 atom stereocenters. The van der Waals surface area contributed by atoms with E-state index in [1.165, 1.54) is 0 Å². The molecule has 1 amide bonds. The number of carboxylic acids is 1. The lowest BCUT2D eigenvalue weighted by Crippen LogP contribution is -2.34. The van der Waals surface area contributed by atoms with Crippen molar-refractivity contribution in [2.24, 2.45) is 5.41 Å². The molecule has 1 aliphatic rings. The number of hydrogen-bond donors (Lipinski definition) is 1. The molecule has 25 heavy (non-hydrogen) atoms. The highest BCUT2D eigenvalue weighted by molar-refractivity contribution is 5.95. The topological polar surface area (TPSA) is 66.8 Å². The Bertz CT molecular complexity index is 757. The van der Waals surface area contributed by atoms with Crippen molar-refractivity contribution < 1.29 is 19.4 Å². The summed E-state index contributed by atoms with van der Waals surface area (Å²) in [5, 5.41) is 9.28. The Labute approximate surface area is 146 Å². The summed E-state index contributed by atoms with van der Waals surface area (Å²) in [7, 11) is 0. The number of amides is 1. The third kappa shape index (κ3) is 3.82. The maximum Gasteiger partial charge on any atom is 0.311 e. The summed E-state index contributed by atoms with van der Waals surface area (Å²) < 4.78 is 5.69. The number of carboxylic acid groups (broad SMARTS) is 1. The molecule has 1 N–H and O–H groups in total. The molecule has 0 saturated carbocycles. The van der Waals surface area contributed by atoms with Crippen LogP contribution in [0.3, 0.4) is 0 Å². The summed E-state index contributed by atoms with van der Waals surface area (Å²) in [4.78, 5) is 25.5. The summed E-state index contributed by atoms with van der Waals surface area (Å²) >= 11 is 0. The fourth-order valence-electron chi connectivity index (χ4n) is 2.92. The first-order valence-corrected chi connectivity index (χ1v) is 8.27. The van der Waals surface area contributed by atoms with Crippen molar-refractivity contribution in [3.63, 3.8) is 0 Å². The molecule has 1 heterocycles. The maximum absolute atomic E-state index is 12.5. The number of carbonyl (C=O) groups excluding carboxylic acids is 1. The van der Waals surface area contributed by atoms with Gasteiger partial charge in [0.05, 0.1) is 5.41 Å². The van der Waals surface area contributed by atoms with Crippen LogP contribution in [-0.2, 0) is 11.4 Å². The summed E-state index contributed by atoms with van der Waals surface area (Å²) in [5.41, 5.74) is 0.689. The number of benzene rings is 2. The van der Waals surface area contributed by atoms with E-state index in [1.54, 1.807) is 24.0 Å². The summed E-state index contributed by atoms with van der Waals surface area (Å²) in [6.45, 7) is 2.84. The van der Waals surface area contributed by atoms with E-state index in [-0.39, 0.29) is 12.5 Å². The summed E-state index contributed by atoms with van der Waals surface area (Å²) in [5.74, 6) is -0.176. The molecule has 2 aromatic rings. The average Bonchev–Trinajstić information content (AvgIpc) is 3.04. The van der Waals surface area contributed by atoms with E-state index >= 15 is 0 Å². The highest BCUT2D eigenvalue weighted by Gasteiger charge is 2.42. The Morgan fingerprint density at radius 2 is 1.80 bits per heavy atom. The molecule has 0 spiro atoms. The lowest BCUT2D eigenvalue weighted by Gasteiger charge is -2.20. The summed E-state index contributed by atoms with van der Waals surface area (Å²) in [6.07, 6.45) is 0.483. The second-order valence-electron chi connectivity index (χ2n) is 6.64. The van der Waals surface area contributed by atoms with E-state index in [9.17, 15) is 14.7 Å². The van der Waals surface area contributed by atoms with Gasteiger partial charge in [-0.05, 0) is 43.2 Å². The third-order valence-corrected chi connectivity index (χ3v) is 4.63. The molecule has 0 aromatic heterocycles. The van der Waals surface area contributed by atoms with E-state index in [2.05, 4.69) is 0 Å². The molecule has 5 nitrogen and oxygen atoms in total. The lowest BCUT2D eigenvalue weighted by atomic mass is 9.90. The zero-order valence-corrected chi connectivity index (χ0v) is 14.1. The predicted molar refractivity (Wildman–Crippen MR) is 93.5 cm³/mol. The molecular formula is C20H21NO4. The first kappa shape index (κ1) is 17.0. The molecule has 0 unspecified atom stereocenters. The Hall–Kier alpha value is -2.82. The third-order valence-electron chi connectivity index (χ3n) is 4.63. The number of likely N-dealkylation sites (tertiary alicyclic amines) is 1. The molecule has 3 rings (SSSR count). The van der Waals surface area contributed by atoms with E-state index in [0.717, 1.165) is 11.3 Å². The number of ether oxygens (including phenoxy) is 1. The largest absolute Gasteiger partial charge is 0.489 e. The fourth-order valence-corrected chi connectivity index (χ4v) is 2.92. The van der Waals surface area contributed by atoms with Gasteiger partial charge in [0.2, 0.25) is 0 Å². The molecule has 5 heteroatoms. The van der Waals surface area contributed by atoms with Crippen molar-refractivity contribution >= 4 is 11.9 Å². The normalized spacial score (nSPS) is 19.6. The van der Waals surface area contributed by atoms with Gasteiger partial charge in [-0.15, -0.1) is 0 Å². The van der Waals surface area contributed by atoms with Gasteiger partial charge in [0.1, 0.15) is 12.4 Å². The first-order valence-electron chi connectivity index (χ1n) is 8.27. The Morgan fingerprint density at radius 3 is 2.40 bits per heavy atom. The van der Waals surface area contributed by atoms with Gasteiger partial charge >= 0.3 is 5.97 Å². The van der Waals surface area contributed by atoms with Gasteiger partial charge in [0, 0.05) is 18.7 Å². The van der Waals surface area contributed by atoms with Crippen molar-refractivity contribution in [2.75, 3.05) is 13.1 Å². The molecule has 1 aliphatic heterocycles. The SMILES string of the molecule is C[C@]1(C(=O)O)CCN(C(=O)c2ccc(COc3ccccc3)cc2)C1. The van der Waals surface area contributed by atoms with Crippen LogP contribution in [0.1, 0.15) is 29.3 Å². The van der Waals surface area contributed by atoms with Crippen LogP contribution in [0.2, 0.25) is 0 Å². The minimum atomic E-state index is -0.851. The molecule has 1 saturated heterocycles. The monoisotopic (exact) mass is 339 g/mol. The zero-order valence-electron chi connectivity index (χ0n) is 14.1. The van der Waals surface area contributed by atoms with Gasteiger partial charge in [0.15, 0.2) is 0 Å². The number of carbonyl (C=O) groups is 2. The van der Waals surface area contributed by atoms with Gasteiger partial charge in [-0.1, -0.05) is 30.3 Å². The van der Waals surface area contributed by atoms with Gasteiger partial charge in [0.25, 0.3) is 5.91 Å². The van der Waals surface area contributed by atoms with Crippen LogP contribution in [0.25, 0.3) is 0 Å². The van der Waals surface area contributed by atoms with E-state index in [4.69, 9.17) is 4.74 Å². The molecule has 2 aromatic carbocycles. The first-order chi connectivity index (χ1) is 12.0. The maximum atomic E-state index is 12.5. The van der Waals surface area contributed by atoms with Crippen molar-refractivity contribution in [1.82, 2.24) is 4.90 Å². The number of para-hydroxylation sites is 1. The molecule has 1 fully saturated rings. The standard InChI is InChI=1S/C20H21NO4/c1-20(19(23)24)11-12-21(14-20)18(22)16-9-7-15(8-10-16)13-25-17-5-3-2-4-6-17/h2-10H,11-14H2,1H3,(H,23,24)/t20-/m0/s1. The van der Waals surface area contributed by atoms with Crippen molar-refractivity contribution in [2.45, 2.75) is 20.0 Å². The Kier molecular flexibility index (Phi) is 4.74. The van der Waals surface area contributed by atoms with Crippen LogP contribution in [0.5, 0.6) is 5.75 Å². The molecule has 0 bridgehead atoms. The van der Waals surface area contributed by atoms with Crippen LogP contribution >= 0.6 is 0 Å². The van der Waals surface area contributed by atoms with E-state index in [0.29, 0.717) is 25.1 Å². The molecular weight excluding hydrogens is 318 g/mol. The van der Waals surface area contributed by atoms with Gasteiger partial charge < -0.3 is 14.7 Å². The van der Waals surface area contributed by atoms with Crippen LogP contribution in [0.4, 0.5) is 0 Å². The lowest BCUT2D eigenvalue weighted by molar-refractivity contribution is -0.147. The molecule has 130 valence electrons. The summed E-state index contributed by atoms with van der Waals surface area (Å²) in [6, 6.07) is 16.8. The van der Waals surface area contributed by atoms with Gasteiger partial charge in [-0.2, -0.15) is 0 Å². The quantitative estimate of drug-likeness (QED) is 0.908. The highest BCUT2D eigenvalue weighted by Crippen LogP contribution is 2.31. The van der Waals surface area contributed by atoms with Crippen molar-refractivity contribution in [3.8, 4) is 5.75 Å². The average molecular weight is 339 g/mol. The number of aliphatic carboxylic acids is 1. The predicted octanol–water partition coefficient (Wildman–Crippen LogP) is 3.20. The Morgan fingerprint density at radius 1 is 1.12 bits per heavy atom. The van der Waals surface area contributed by atoms with Gasteiger partial charge in [-0.25, -0.2) is 0 Å². The minimum absolute atomic E-state index is 0.125. The second-order valence-corrected chi connectivity index (χ2v) is 6.64. The van der Waals surface area contributed by atoms with Crippen LogP contribution in [0.15, 0.2) is 54.6 Å². The number of rotatable bonds is 5. The number of hydrogen-bond acceptors (Lipinski definition) is 3. The van der Waals surface area contributed by atoms with E-state index < -0.39 is 11.4 Å². The van der Waals surface area contributed by atoms with Gasteiger partial charge in [-0.3, -0.25) is 9.59 Å². The van der Waals surface area contributed by atoms with Crippen molar-refractivity contribution in [1.29, 1.82) is 0 Å². The minimum Gasteiger partial charge on any atom is -0.489 e. The fraction of sp³-hybridized carbons (Fsp3) is 0.300. The van der Waals surface area contributed by atoms with Crippen LogP contribution < -0.4 is 4.74 Å². The highest BCUT2D eigenvalue weighted by atomic mass is 16.5. The molecule has 0 aliphatic carbocycles. The van der Waals surface area contributed by atoms with Crippen molar-refractivity contribution in [3.05, 3.63) is 65.7 Å². The van der Waals surface area contributed by atoms with E-state index in [1.807, 2.05) is 42.5 Å².